The summed E-state index contributed by atoms with van der Waals surface area (Å²) >= 11 is 0. The van der Waals surface area contributed by atoms with Crippen molar-refractivity contribution in [3.63, 3.8) is 0 Å². The second-order valence-electron chi connectivity index (χ2n) is 8.27. The van der Waals surface area contributed by atoms with Crippen LogP contribution in [0.1, 0.15) is 33.5 Å². The summed E-state index contributed by atoms with van der Waals surface area (Å²) in [6.45, 7) is 5.64. The molecule has 1 atom stereocenters. The molecule has 0 aliphatic rings. The topological polar surface area (TPSA) is 159 Å². The SMILES string of the molecule is Cc1cc(C)c(NC(=O)Nc2cc3ccccc3cc2C(=O)[C@](N)(CC(=O)O)C(=O)O)c(C)c1. The Kier molecular flexibility index (Phi) is 6.69. The number of hydrogen-bond donors (Lipinski definition) is 5. The minimum atomic E-state index is -2.72. The van der Waals surface area contributed by atoms with Gasteiger partial charge in [-0.2, -0.15) is 0 Å². The van der Waals surface area contributed by atoms with Crippen molar-refractivity contribution in [3.05, 3.63) is 70.8 Å². The summed E-state index contributed by atoms with van der Waals surface area (Å²) in [6.07, 6.45) is -1.12. The molecule has 0 spiro atoms. The summed E-state index contributed by atoms with van der Waals surface area (Å²) < 4.78 is 0. The number of carboxylic acid groups (broad SMARTS) is 2. The monoisotopic (exact) mass is 463 g/mol. The van der Waals surface area contributed by atoms with E-state index in [1.807, 2.05) is 32.9 Å². The number of Topliss-reactive ketones (excluding diaryl/α,β-unsaturated/α-hetero) is 1. The van der Waals surface area contributed by atoms with Crippen LogP contribution in [0.2, 0.25) is 0 Å². The summed E-state index contributed by atoms with van der Waals surface area (Å²) in [6, 6.07) is 13.0. The predicted octanol–water partition coefficient (Wildman–Crippen LogP) is 3.85. The quantitative estimate of drug-likeness (QED) is 0.263. The van der Waals surface area contributed by atoms with Crippen molar-refractivity contribution < 1.29 is 29.4 Å². The summed E-state index contributed by atoms with van der Waals surface area (Å²) in [5, 5.41) is 25.3. The van der Waals surface area contributed by atoms with Crippen LogP contribution in [0.5, 0.6) is 0 Å². The van der Waals surface area contributed by atoms with Crippen molar-refractivity contribution in [3.8, 4) is 0 Å². The summed E-state index contributed by atoms with van der Waals surface area (Å²) in [4.78, 5) is 49.2. The maximum atomic E-state index is 13.3. The first kappa shape index (κ1) is 24.4. The van der Waals surface area contributed by atoms with Crippen LogP contribution in [0.3, 0.4) is 0 Å². The van der Waals surface area contributed by atoms with Crippen LogP contribution in [-0.4, -0.2) is 39.5 Å². The van der Waals surface area contributed by atoms with Crippen LogP contribution in [0.15, 0.2) is 48.5 Å². The van der Waals surface area contributed by atoms with E-state index in [-0.39, 0.29) is 11.3 Å². The number of benzene rings is 3. The van der Waals surface area contributed by atoms with Gasteiger partial charge in [-0.3, -0.25) is 9.59 Å². The normalized spacial score (nSPS) is 12.6. The van der Waals surface area contributed by atoms with E-state index < -0.39 is 35.7 Å². The Bertz CT molecular complexity index is 1310. The van der Waals surface area contributed by atoms with Gasteiger partial charge in [-0.1, -0.05) is 42.0 Å². The molecule has 9 nitrogen and oxygen atoms in total. The van der Waals surface area contributed by atoms with Gasteiger partial charge in [0.15, 0.2) is 11.3 Å². The van der Waals surface area contributed by atoms with Crippen molar-refractivity contribution in [2.45, 2.75) is 32.7 Å². The van der Waals surface area contributed by atoms with Gasteiger partial charge in [0.2, 0.25) is 0 Å². The fraction of sp³-hybridized carbons (Fsp3) is 0.200. The molecule has 176 valence electrons. The molecule has 0 saturated carbocycles. The van der Waals surface area contributed by atoms with E-state index in [4.69, 9.17) is 10.8 Å². The molecule has 3 rings (SSSR count). The Morgan fingerprint density at radius 1 is 0.882 bits per heavy atom. The molecule has 0 aliphatic heterocycles. The van der Waals surface area contributed by atoms with Crippen molar-refractivity contribution in [1.82, 2.24) is 0 Å². The zero-order valence-corrected chi connectivity index (χ0v) is 18.9. The Balaban J connectivity index is 2.06. The average molecular weight is 463 g/mol. The first-order chi connectivity index (χ1) is 15.9. The minimum absolute atomic E-state index is 0.00471. The zero-order valence-electron chi connectivity index (χ0n) is 18.9. The molecule has 0 heterocycles. The number of rotatable bonds is 7. The fourth-order valence-electron chi connectivity index (χ4n) is 3.91. The number of ketones is 1. The number of aliphatic carboxylic acids is 2. The second-order valence-corrected chi connectivity index (χ2v) is 8.27. The highest BCUT2D eigenvalue weighted by Gasteiger charge is 2.45. The number of carbonyl (C=O) groups excluding carboxylic acids is 2. The number of nitrogens with two attached hydrogens (primary N) is 1. The minimum Gasteiger partial charge on any atom is -0.481 e. The third-order valence-electron chi connectivity index (χ3n) is 5.51. The van der Waals surface area contributed by atoms with E-state index in [2.05, 4.69) is 10.6 Å². The lowest BCUT2D eigenvalue weighted by Crippen LogP contribution is -2.56. The highest BCUT2D eigenvalue weighted by Crippen LogP contribution is 2.29. The van der Waals surface area contributed by atoms with Gasteiger partial charge in [0.25, 0.3) is 0 Å². The predicted molar refractivity (Wildman–Crippen MR) is 128 cm³/mol. The molecular formula is C25H25N3O6. The van der Waals surface area contributed by atoms with Gasteiger partial charge in [-0.25, -0.2) is 9.59 Å². The molecule has 9 heteroatoms. The van der Waals surface area contributed by atoms with Crippen molar-refractivity contribution in [2.75, 3.05) is 10.6 Å². The Morgan fingerprint density at radius 2 is 1.44 bits per heavy atom. The van der Waals surface area contributed by atoms with Gasteiger partial charge in [0.1, 0.15) is 0 Å². The lowest BCUT2D eigenvalue weighted by molar-refractivity contribution is -0.147. The number of anilines is 2. The number of urea groups is 1. The first-order valence-corrected chi connectivity index (χ1v) is 10.4. The number of carboxylic acids is 2. The molecule has 6 N–H and O–H groups in total. The maximum Gasteiger partial charge on any atom is 0.332 e. The Morgan fingerprint density at radius 3 is 1.97 bits per heavy atom. The van der Waals surface area contributed by atoms with Crippen LogP contribution in [0.4, 0.5) is 16.2 Å². The standard InChI is InChI=1S/C25H25N3O6/c1-13-8-14(2)21(15(3)9-13)28-24(34)27-19-11-17-7-5-4-6-16(17)10-18(19)22(31)25(26,23(32)33)12-20(29)30/h4-11H,12,26H2,1-3H3,(H,29,30)(H,32,33)(H2,27,28,34)/t25-/m1/s1. The fourth-order valence-corrected chi connectivity index (χ4v) is 3.91. The summed E-state index contributed by atoms with van der Waals surface area (Å²) in [7, 11) is 0. The van der Waals surface area contributed by atoms with Gasteiger partial charge in [-0.05, 0) is 54.8 Å². The molecule has 3 aromatic rings. The zero-order chi connectivity index (χ0) is 25.2. The van der Waals surface area contributed by atoms with Crippen LogP contribution in [0.25, 0.3) is 10.8 Å². The third-order valence-corrected chi connectivity index (χ3v) is 5.51. The van der Waals surface area contributed by atoms with E-state index >= 15 is 0 Å². The second kappa shape index (κ2) is 9.32. The van der Waals surface area contributed by atoms with Gasteiger partial charge in [-0.15, -0.1) is 0 Å². The lowest BCUT2D eigenvalue weighted by atomic mass is 9.85. The van der Waals surface area contributed by atoms with Gasteiger partial charge in [0.05, 0.1) is 12.1 Å². The highest BCUT2D eigenvalue weighted by atomic mass is 16.4. The van der Waals surface area contributed by atoms with Crippen LogP contribution < -0.4 is 16.4 Å². The van der Waals surface area contributed by atoms with Gasteiger partial charge < -0.3 is 26.6 Å². The van der Waals surface area contributed by atoms with E-state index in [0.29, 0.717) is 16.5 Å². The molecule has 0 aliphatic carbocycles. The Hall–Kier alpha value is -4.24. The summed E-state index contributed by atoms with van der Waals surface area (Å²) in [5.74, 6) is -4.46. The third kappa shape index (κ3) is 4.89. The molecule has 0 aromatic heterocycles. The van der Waals surface area contributed by atoms with E-state index in [1.54, 1.807) is 24.3 Å². The molecule has 0 unspecified atom stereocenters. The van der Waals surface area contributed by atoms with E-state index in [1.165, 1.54) is 12.1 Å². The number of aryl methyl sites for hydroxylation is 3. The number of fused-ring (bicyclic) bond motifs is 1. The molecule has 0 saturated heterocycles. The van der Waals surface area contributed by atoms with E-state index in [0.717, 1.165) is 16.7 Å². The summed E-state index contributed by atoms with van der Waals surface area (Å²) in [5.41, 5.74) is 6.18. The lowest BCUT2D eigenvalue weighted by Gasteiger charge is -2.23. The van der Waals surface area contributed by atoms with Crippen molar-refractivity contribution >= 4 is 45.9 Å². The van der Waals surface area contributed by atoms with Crippen LogP contribution in [0, 0.1) is 20.8 Å². The van der Waals surface area contributed by atoms with Gasteiger partial charge >= 0.3 is 18.0 Å². The Labute approximate surface area is 195 Å². The van der Waals surface area contributed by atoms with E-state index in [9.17, 15) is 24.3 Å². The largest absolute Gasteiger partial charge is 0.481 e. The van der Waals surface area contributed by atoms with Crippen LogP contribution in [-0.2, 0) is 9.59 Å². The van der Waals surface area contributed by atoms with Gasteiger partial charge in [0, 0.05) is 11.3 Å². The molecule has 3 aromatic carbocycles. The smallest absolute Gasteiger partial charge is 0.332 e. The average Bonchev–Trinajstić information content (AvgIpc) is 2.74. The molecule has 2 amide bonds. The van der Waals surface area contributed by atoms with Crippen LogP contribution >= 0.6 is 0 Å². The number of hydrogen-bond acceptors (Lipinski definition) is 5. The van der Waals surface area contributed by atoms with Crippen molar-refractivity contribution in [1.29, 1.82) is 0 Å². The number of amides is 2. The first-order valence-electron chi connectivity index (χ1n) is 10.4. The molecule has 0 bridgehead atoms. The van der Waals surface area contributed by atoms with Crippen molar-refractivity contribution in [2.24, 2.45) is 5.73 Å². The highest BCUT2D eigenvalue weighted by molar-refractivity contribution is 6.21. The number of nitrogens with one attached hydrogen (secondary N) is 2. The molecule has 0 fully saturated rings. The molecule has 0 radical (unpaired) electrons. The maximum absolute atomic E-state index is 13.3. The number of carbonyl (C=O) groups is 4. The molecular weight excluding hydrogens is 438 g/mol. The molecule has 34 heavy (non-hydrogen) atoms.